The minimum atomic E-state index is -5.37. The van der Waals surface area contributed by atoms with E-state index in [0.717, 1.165) is 0 Å². The summed E-state index contributed by atoms with van der Waals surface area (Å²) in [5, 5.41) is 0. The van der Waals surface area contributed by atoms with Gasteiger partial charge in [-0.3, -0.25) is 4.57 Å². The molecule has 2 heterocycles. The Morgan fingerprint density at radius 3 is 2.56 bits per heavy atom. The van der Waals surface area contributed by atoms with E-state index in [1.807, 2.05) is 0 Å². The van der Waals surface area contributed by atoms with Crippen molar-refractivity contribution in [3.05, 3.63) is 22.7 Å². The van der Waals surface area contributed by atoms with E-state index < -0.39 is 40.4 Å². The summed E-state index contributed by atoms with van der Waals surface area (Å²) in [5.41, 5.74) is 4.78. The number of hydrogen-bond acceptors (Lipinski definition) is 10. The predicted molar refractivity (Wildman–Crippen MR) is 92.5 cm³/mol. The van der Waals surface area contributed by atoms with Crippen molar-refractivity contribution in [2.75, 3.05) is 12.3 Å². The number of nitrogens with zero attached hydrogens (tertiary/aromatic N) is 2. The lowest BCUT2D eigenvalue weighted by Gasteiger charge is -2.21. The van der Waals surface area contributed by atoms with Crippen molar-refractivity contribution < 1.29 is 46.6 Å². The van der Waals surface area contributed by atoms with Crippen LogP contribution in [-0.2, 0) is 38.8 Å². The molecule has 0 saturated carbocycles. The SMILES string of the molecule is Nc1ccn(C2CCC(COP(O)(=S)OP(=O)(O)OP(=O)(O)O)O2)c(=O)n1. The van der Waals surface area contributed by atoms with Gasteiger partial charge in [0.25, 0.3) is 0 Å². The van der Waals surface area contributed by atoms with Crippen LogP contribution in [0.5, 0.6) is 0 Å². The molecule has 0 bridgehead atoms. The Kier molecular flexibility index (Phi) is 7.13. The van der Waals surface area contributed by atoms with Crippen LogP contribution in [-0.4, -0.2) is 41.8 Å². The molecule has 4 unspecified atom stereocenters. The first-order valence-electron chi connectivity index (χ1n) is 7.05. The third-order valence-corrected chi connectivity index (χ3v) is 7.81. The first-order chi connectivity index (χ1) is 12.3. The maximum absolute atomic E-state index is 11.8. The Hall–Kier alpha value is -0.530. The lowest BCUT2D eigenvalue weighted by Crippen LogP contribution is -2.27. The molecule has 1 aliphatic heterocycles. The molecule has 4 atom stereocenters. The molecular formula is C9H16N3O11P3S. The lowest BCUT2D eigenvalue weighted by molar-refractivity contribution is -0.0217. The second-order valence-corrected chi connectivity index (χ2v) is 11.0. The maximum Gasteiger partial charge on any atom is 0.488 e. The Labute approximate surface area is 157 Å². The molecule has 0 aromatic carbocycles. The van der Waals surface area contributed by atoms with Crippen LogP contribution in [0.4, 0.5) is 5.82 Å². The van der Waals surface area contributed by atoms with E-state index in [1.54, 1.807) is 0 Å². The number of rotatable bonds is 8. The van der Waals surface area contributed by atoms with E-state index in [4.69, 9.17) is 24.8 Å². The van der Waals surface area contributed by atoms with Crippen LogP contribution in [0.3, 0.4) is 0 Å². The van der Waals surface area contributed by atoms with Gasteiger partial charge in [-0.1, -0.05) is 0 Å². The van der Waals surface area contributed by atoms with Crippen molar-refractivity contribution in [1.82, 2.24) is 9.55 Å². The lowest BCUT2D eigenvalue weighted by atomic mass is 10.2. The van der Waals surface area contributed by atoms with E-state index in [2.05, 4.69) is 25.4 Å². The Bertz CT molecular complexity index is 887. The highest BCUT2D eigenvalue weighted by molar-refractivity contribution is 8.08. The molecule has 0 radical (unpaired) electrons. The number of nitrogen functional groups attached to an aromatic ring is 1. The largest absolute Gasteiger partial charge is 0.488 e. The van der Waals surface area contributed by atoms with Crippen LogP contribution in [0.15, 0.2) is 17.1 Å². The standard InChI is InChI=1S/C9H16N3O11P3S/c10-7-3-4-12(9(13)11-7)8-2-1-6(21-8)5-20-26(19,27)23-25(17,18)22-24(14,15)16/h3-4,6,8H,1-2,5H2,(H,17,18)(H,19,27)(H2,10,11,13)(H2,14,15,16). The number of ether oxygens (including phenoxy) is 1. The third-order valence-electron chi connectivity index (χ3n) is 3.09. The second-order valence-electron chi connectivity index (χ2n) is 5.22. The molecule has 2 rings (SSSR count). The van der Waals surface area contributed by atoms with Crippen LogP contribution in [0.25, 0.3) is 0 Å². The zero-order valence-electron chi connectivity index (χ0n) is 13.3. The number of phosphoric acid groups is 2. The van der Waals surface area contributed by atoms with Gasteiger partial charge in [0, 0.05) is 6.20 Å². The topological polar surface area (TPSA) is 213 Å². The zero-order valence-corrected chi connectivity index (χ0v) is 16.8. The highest BCUT2D eigenvalue weighted by Crippen LogP contribution is 2.66. The molecule has 18 heteroatoms. The van der Waals surface area contributed by atoms with Crippen molar-refractivity contribution in [3.63, 3.8) is 0 Å². The third kappa shape index (κ3) is 7.42. The van der Waals surface area contributed by atoms with Gasteiger partial charge >= 0.3 is 28.1 Å². The summed E-state index contributed by atoms with van der Waals surface area (Å²) in [7, 11) is -10.7. The van der Waals surface area contributed by atoms with Gasteiger partial charge in [-0.05, 0) is 30.7 Å². The fraction of sp³-hybridized carbons (Fsp3) is 0.556. The monoisotopic (exact) mass is 467 g/mol. The number of hydrogen-bond donors (Lipinski definition) is 5. The number of nitrogens with two attached hydrogens (primary N) is 1. The normalized spacial score (nSPS) is 25.0. The number of anilines is 1. The van der Waals surface area contributed by atoms with Gasteiger partial charge in [-0.15, -0.1) is 0 Å². The fourth-order valence-electron chi connectivity index (χ4n) is 2.14. The van der Waals surface area contributed by atoms with Gasteiger partial charge in [0.15, 0.2) is 0 Å². The summed E-state index contributed by atoms with van der Waals surface area (Å²) in [6.45, 7) is -4.76. The van der Waals surface area contributed by atoms with E-state index in [9.17, 15) is 23.7 Å². The summed E-state index contributed by atoms with van der Waals surface area (Å²) in [6.07, 6.45) is 0.859. The van der Waals surface area contributed by atoms with E-state index in [0.29, 0.717) is 12.8 Å². The first-order valence-corrected chi connectivity index (χ1v) is 12.7. The van der Waals surface area contributed by atoms with Crippen LogP contribution in [0, 0.1) is 0 Å². The Morgan fingerprint density at radius 2 is 1.96 bits per heavy atom. The van der Waals surface area contributed by atoms with Crippen LogP contribution < -0.4 is 11.4 Å². The zero-order chi connectivity index (χ0) is 20.5. The van der Waals surface area contributed by atoms with Crippen molar-refractivity contribution in [2.24, 2.45) is 0 Å². The van der Waals surface area contributed by atoms with E-state index in [1.165, 1.54) is 16.8 Å². The van der Waals surface area contributed by atoms with Gasteiger partial charge in [0.1, 0.15) is 12.0 Å². The average molecular weight is 467 g/mol. The molecule has 1 fully saturated rings. The average Bonchev–Trinajstić information content (AvgIpc) is 2.90. The molecule has 154 valence electrons. The molecule has 0 spiro atoms. The van der Waals surface area contributed by atoms with Crippen molar-refractivity contribution in [2.45, 2.75) is 25.2 Å². The van der Waals surface area contributed by atoms with Crippen LogP contribution >= 0.6 is 22.4 Å². The molecule has 1 aromatic rings. The minimum absolute atomic E-state index is 0.0539. The van der Waals surface area contributed by atoms with Gasteiger partial charge in [0.2, 0.25) is 0 Å². The molecule has 0 aliphatic carbocycles. The summed E-state index contributed by atoms with van der Waals surface area (Å²) < 4.78 is 41.2. The molecule has 1 aromatic heterocycles. The van der Waals surface area contributed by atoms with Crippen molar-refractivity contribution >= 4 is 40.0 Å². The predicted octanol–water partition coefficient (Wildman–Crippen LogP) is -0.0372. The first kappa shape index (κ1) is 22.8. The molecule has 27 heavy (non-hydrogen) atoms. The molecule has 1 saturated heterocycles. The number of aromatic nitrogens is 2. The van der Waals surface area contributed by atoms with Crippen LogP contribution in [0.2, 0.25) is 0 Å². The van der Waals surface area contributed by atoms with Crippen molar-refractivity contribution in [3.8, 4) is 0 Å². The maximum atomic E-state index is 11.8. The van der Waals surface area contributed by atoms with E-state index >= 15 is 0 Å². The van der Waals surface area contributed by atoms with Gasteiger partial charge in [-0.2, -0.15) is 9.29 Å². The van der Waals surface area contributed by atoms with Gasteiger partial charge in [0.05, 0.1) is 12.7 Å². The smallest absolute Gasteiger partial charge is 0.383 e. The van der Waals surface area contributed by atoms with Crippen molar-refractivity contribution in [1.29, 1.82) is 0 Å². The fourth-order valence-corrected chi connectivity index (χ4v) is 6.13. The quantitative estimate of drug-likeness (QED) is 0.318. The second kappa shape index (κ2) is 8.46. The van der Waals surface area contributed by atoms with Crippen LogP contribution in [0.1, 0.15) is 19.1 Å². The molecule has 6 N–H and O–H groups in total. The molecule has 0 amide bonds. The van der Waals surface area contributed by atoms with Gasteiger partial charge in [-0.25, -0.2) is 18.2 Å². The molecular weight excluding hydrogens is 451 g/mol. The highest BCUT2D eigenvalue weighted by atomic mass is 32.5. The molecule has 14 nitrogen and oxygen atoms in total. The summed E-state index contributed by atoms with van der Waals surface area (Å²) in [5.74, 6) is 0.0539. The van der Waals surface area contributed by atoms with E-state index in [-0.39, 0.29) is 12.4 Å². The summed E-state index contributed by atoms with van der Waals surface area (Å²) >= 11 is 4.50. The highest BCUT2D eigenvalue weighted by Gasteiger charge is 2.39. The Morgan fingerprint density at radius 1 is 1.30 bits per heavy atom. The minimum Gasteiger partial charge on any atom is -0.383 e. The summed E-state index contributed by atoms with van der Waals surface area (Å²) in [6, 6.07) is 1.41. The van der Waals surface area contributed by atoms with Gasteiger partial charge < -0.3 is 34.6 Å². The Balaban J connectivity index is 1.91. The summed E-state index contributed by atoms with van der Waals surface area (Å²) in [4.78, 5) is 51.3. The molecule has 1 aliphatic rings.